The molecule has 2 saturated heterocycles. The third-order valence-corrected chi connectivity index (χ3v) is 5.27. The normalized spacial score (nSPS) is 19.8. The number of carbonyl (C=O) groups is 2. The highest BCUT2D eigenvalue weighted by Crippen LogP contribution is 2.29. The third-order valence-electron chi connectivity index (χ3n) is 5.27. The van der Waals surface area contributed by atoms with Crippen molar-refractivity contribution in [2.75, 3.05) is 43.1 Å². The van der Waals surface area contributed by atoms with Crippen LogP contribution < -0.4 is 14.5 Å². The van der Waals surface area contributed by atoms with Gasteiger partial charge in [0.05, 0.1) is 7.11 Å². The second-order valence-corrected chi connectivity index (χ2v) is 6.88. The number of hydrogen-bond donors (Lipinski definition) is 0. The summed E-state index contributed by atoms with van der Waals surface area (Å²) in [6.45, 7) is 2.55. The van der Waals surface area contributed by atoms with Crippen LogP contribution in [0.5, 0.6) is 5.75 Å². The second-order valence-electron chi connectivity index (χ2n) is 6.88. The molecule has 3 heterocycles. The first-order valence-corrected chi connectivity index (χ1v) is 9.44. The van der Waals surface area contributed by atoms with Gasteiger partial charge in [-0.3, -0.25) is 14.5 Å². The van der Waals surface area contributed by atoms with Gasteiger partial charge in [-0.15, -0.1) is 0 Å². The minimum absolute atomic E-state index is 0.00954. The Balaban J connectivity index is 1.44. The molecule has 1 unspecified atom stereocenters. The molecule has 2 amide bonds. The van der Waals surface area contributed by atoms with Crippen molar-refractivity contribution in [2.24, 2.45) is 0 Å². The van der Waals surface area contributed by atoms with Crippen LogP contribution in [0.1, 0.15) is 12.8 Å². The first-order valence-electron chi connectivity index (χ1n) is 9.44. The van der Waals surface area contributed by atoms with E-state index in [1.807, 2.05) is 17.0 Å². The first kappa shape index (κ1) is 18.2. The van der Waals surface area contributed by atoms with Crippen LogP contribution in [-0.4, -0.2) is 66.0 Å². The molecule has 4 rings (SSSR count). The van der Waals surface area contributed by atoms with Crippen LogP contribution in [0, 0.1) is 0 Å². The van der Waals surface area contributed by atoms with Gasteiger partial charge in [-0.05, 0) is 36.8 Å². The number of anilines is 2. The van der Waals surface area contributed by atoms with Gasteiger partial charge in [0.2, 0.25) is 17.8 Å². The minimum atomic E-state index is -0.444. The summed E-state index contributed by atoms with van der Waals surface area (Å²) >= 11 is 0. The number of rotatable bonds is 4. The zero-order valence-corrected chi connectivity index (χ0v) is 15.8. The maximum absolute atomic E-state index is 13.2. The zero-order chi connectivity index (χ0) is 19.5. The molecule has 2 aromatic rings. The summed E-state index contributed by atoms with van der Waals surface area (Å²) in [4.78, 5) is 39.7. The fourth-order valence-corrected chi connectivity index (χ4v) is 3.78. The summed E-state index contributed by atoms with van der Waals surface area (Å²) < 4.78 is 5.18. The van der Waals surface area contributed by atoms with Crippen molar-refractivity contribution in [3.63, 3.8) is 0 Å². The van der Waals surface area contributed by atoms with Gasteiger partial charge in [0.1, 0.15) is 11.8 Å². The molecule has 8 nitrogen and oxygen atoms in total. The van der Waals surface area contributed by atoms with Gasteiger partial charge < -0.3 is 14.5 Å². The molecule has 1 atom stereocenters. The Labute approximate surface area is 163 Å². The number of aromatic nitrogens is 2. The fraction of sp³-hybridized carbons (Fsp3) is 0.400. The first-order chi connectivity index (χ1) is 13.7. The number of piperazine rings is 1. The lowest BCUT2D eigenvalue weighted by Gasteiger charge is -2.37. The van der Waals surface area contributed by atoms with Crippen LogP contribution in [0.3, 0.4) is 0 Å². The summed E-state index contributed by atoms with van der Waals surface area (Å²) in [6.07, 6.45) is 4.37. The summed E-state index contributed by atoms with van der Waals surface area (Å²) in [7, 11) is 1.60. The Hall–Kier alpha value is -3.16. The molecule has 0 saturated carbocycles. The molecule has 2 fully saturated rings. The quantitative estimate of drug-likeness (QED) is 0.795. The van der Waals surface area contributed by atoms with Crippen LogP contribution >= 0.6 is 0 Å². The van der Waals surface area contributed by atoms with E-state index in [9.17, 15) is 9.59 Å². The molecule has 2 aliphatic heterocycles. The van der Waals surface area contributed by atoms with Crippen LogP contribution in [0.2, 0.25) is 0 Å². The predicted octanol–water partition coefficient (Wildman–Crippen LogP) is 1.33. The monoisotopic (exact) mass is 381 g/mol. The SMILES string of the molecule is COc1ccc(N2C(=O)CCC2C(=O)N2CCN(c3ncccn3)CC2)cc1. The van der Waals surface area contributed by atoms with E-state index in [-0.39, 0.29) is 11.8 Å². The zero-order valence-electron chi connectivity index (χ0n) is 15.8. The molecule has 0 spiro atoms. The molecule has 146 valence electrons. The maximum Gasteiger partial charge on any atom is 0.245 e. The lowest BCUT2D eigenvalue weighted by molar-refractivity contribution is -0.133. The topological polar surface area (TPSA) is 78.9 Å². The number of carbonyl (C=O) groups excluding carboxylic acids is 2. The Bertz CT molecular complexity index is 835. The number of benzene rings is 1. The summed E-state index contributed by atoms with van der Waals surface area (Å²) in [5, 5.41) is 0. The lowest BCUT2D eigenvalue weighted by atomic mass is 10.1. The third kappa shape index (κ3) is 3.49. The molecular weight excluding hydrogens is 358 g/mol. The van der Waals surface area contributed by atoms with Crippen LogP contribution in [0.25, 0.3) is 0 Å². The smallest absolute Gasteiger partial charge is 0.245 e. The van der Waals surface area contributed by atoms with E-state index in [2.05, 4.69) is 14.9 Å². The standard InChI is InChI=1S/C20H23N5O3/c1-28-16-5-3-15(4-6-16)25-17(7-8-18(25)26)19(27)23-11-13-24(14-12-23)20-21-9-2-10-22-20/h2-6,9-10,17H,7-8,11-14H2,1H3. The van der Waals surface area contributed by atoms with Crippen LogP contribution in [0.15, 0.2) is 42.7 Å². The van der Waals surface area contributed by atoms with Crippen molar-refractivity contribution in [3.8, 4) is 5.75 Å². The molecule has 1 aromatic heterocycles. The number of hydrogen-bond acceptors (Lipinski definition) is 6. The highest BCUT2D eigenvalue weighted by atomic mass is 16.5. The van der Waals surface area contributed by atoms with Crippen molar-refractivity contribution in [3.05, 3.63) is 42.7 Å². The lowest BCUT2D eigenvalue weighted by Crippen LogP contribution is -2.54. The second kappa shape index (κ2) is 7.84. The van der Waals surface area contributed by atoms with E-state index in [0.717, 1.165) is 11.4 Å². The van der Waals surface area contributed by atoms with Crippen molar-refractivity contribution in [2.45, 2.75) is 18.9 Å². The Morgan fingerprint density at radius 2 is 1.75 bits per heavy atom. The summed E-state index contributed by atoms with van der Waals surface area (Å²) in [5.41, 5.74) is 0.734. The van der Waals surface area contributed by atoms with Gasteiger partial charge >= 0.3 is 0 Å². The average Bonchev–Trinajstić information content (AvgIpc) is 3.15. The minimum Gasteiger partial charge on any atom is -0.497 e. The highest BCUT2D eigenvalue weighted by molar-refractivity contribution is 6.03. The Morgan fingerprint density at radius 1 is 1.07 bits per heavy atom. The van der Waals surface area contributed by atoms with Crippen molar-refractivity contribution < 1.29 is 14.3 Å². The van der Waals surface area contributed by atoms with E-state index < -0.39 is 6.04 Å². The molecule has 0 aliphatic carbocycles. The number of nitrogens with zero attached hydrogens (tertiary/aromatic N) is 5. The van der Waals surface area contributed by atoms with Gasteiger partial charge in [0, 0.05) is 50.7 Å². The van der Waals surface area contributed by atoms with E-state index in [4.69, 9.17) is 4.74 Å². The van der Waals surface area contributed by atoms with Gasteiger partial charge in [-0.25, -0.2) is 9.97 Å². The van der Waals surface area contributed by atoms with E-state index in [1.54, 1.807) is 42.6 Å². The molecular formula is C20H23N5O3. The van der Waals surface area contributed by atoms with Crippen molar-refractivity contribution in [1.82, 2.24) is 14.9 Å². The Morgan fingerprint density at radius 3 is 2.39 bits per heavy atom. The van der Waals surface area contributed by atoms with Gasteiger partial charge in [-0.2, -0.15) is 0 Å². The fourth-order valence-electron chi connectivity index (χ4n) is 3.78. The summed E-state index contributed by atoms with van der Waals surface area (Å²) in [6, 6.07) is 8.61. The molecule has 0 bridgehead atoms. The van der Waals surface area contributed by atoms with Crippen LogP contribution in [-0.2, 0) is 9.59 Å². The van der Waals surface area contributed by atoms with Crippen molar-refractivity contribution >= 4 is 23.5 Å². The van der Waals surface area contributed by atoms with Crippen LogP contribution in [0.4, 0.5) is 11.6 Å². The number of methoxy groups -OCH3 is 1. The largest absolute Gasteiger partial charge is 0.497 e. The predicted molar refractivity (Wildman–Crippen MR) is 104 cm³/mol. The molecule has 2 aliphatic rings. The molecule has 8 heteroatoms. The Kier molecular flexibility index (Phi) is 5.10. The molecule has 1 aromatic carbocycles. The van der Waals surface area contributed by atoms with E-state index in [1.165, 1.54) is 0 Å². The number of ether oxygens (including phenoxy) is 1. The molecule has 0 radical (unpaired) electrons. The van der Waals surface area contributed by atoms with Crippen molar-refractivity contribution in [1.29, 1.82) is 0 Å². The van der Waals surface area contributed by atoms with Gasteiger partial charge in [0.15, 0.2) is 0 Å². The summed E-state index contributed by atoms with van der Waals surface area (Å²) in [5.74, 6) is 1.40. The van der Waals surface area contributed by atoms with E-state index in [0.29, 0.717) is 45.0 Å². The maximum atomic E-state index is 13.2. The number of amides is 2. The highest BCUT2D eigenvalue weighted by Gasteiger charge is 2.39. The van der Waals surface area contributed by atoms with Gasteiger partial charge in [-0.1, -0.05) is 0 Å². The molecule has 0 N–H and O–H groups in total. The molecule has 28 heavy (non-hydrogen) atoms. The van der Waals surface area contributed by atoms with E-state index >= 15 is 0 Å². The van der Waals surface area contributed by atoms with Gasteiger partial charge in [0.25, 0.3) is 0 Å². The average molecular weight is 381 g/mol.